The van der Waals surface area contributed by atoms with Crippen molar-refractivity contribution in [2.75, 3.05) is 19.8 Å². The van der Waals surface area contributed by atoms with Crippen LogP contribution < -0.4 is 5.73 Å². The van der Waals surface area contributed by atoms with Crippen molar-refractivity contribution < 1.29 is 67.5 Å². The molecule has 1 fully saturated rings. The van der Waals surface area contributed by atoms with E-state index in [0.29, 0.717) is 32.1 Å². The Hall–Kier alpha value is -2.46. The molecule has 0 aromatic rings. The summed E-state index contributed by atoms with van der Waals surface area (Å²) < 4.78 is 38.4. The first kappa shape index (κ1) is 59.6. The molecule has 15 nitrogen and oxygen atoms in total. The van der Waals surface area contributed by atoms with Gasteiger partial charge in [0.1, 0.15) is 12.6 Å². The zero-order chi connectivity index (χ0) is 47.3. The number of phosphoric ester groups is 1. The standard InChI is InChI=1S/C48H86NO14P/c1-3-5-7-8-9-10-11-12-13-14-15-16-17-18-19-20-21-22-28-32-46(53)62-40(37-60-64(57,58)61-38-42(49)48(55)56)36-59-45(52)31-27-24-23-26-30-41-43(51)35-47(54)63-44(41)34-33-39(50)29-25-6-4-2/h12-13,23,26,33-34,39-44,47,50-51,54H,3-11,14-22,24-25,27-32,35-38,49H2,1-2H3,(H,55,56)(H,57,58)/b13-12-,26-23-,34-33+/t39-,40+,41-,42-,43-,44+,47?/m0/s1. The molecule has 1 rings (SSSR count). The Labute approximate surface area is 384 Å². The van der Waals surface area contributed by atoms with Crippen molar-refractivity contribution in [3.63, 3.8) is 0 Å². The average Bonchev–Trinajstić information content (AvgIpc) is 3.25. The lowest BCUT2D eigenvalue weighted by Gasteiger charge is -2.36. The van der Waals surface area contributed by atoms with Crippen molar-refractivity contribution in [2.24, 2.45) is 11.7 Å². The number of hydrogen-bond donors (Lipinski definition) is 6. The molecule has 8 atom stereocenters. The number of aliphatic hydroxyl groups is 3. The molecule has 1 heterocycles. The van der Waals surface area contributed by atoms with Crippen molar-refractivity contribution in [1.82, 2.24) is 0 Å². The topological polar surface area (TPSA) is 242 Å². The van der Waals surface area contributed by atoms with Crippen LogP contribution in [0, 0.1) is 5.92 Å². The van der Waals surface area contributed by atoms with Gasteiger partial charge in [-0.15, -0.1) is 0 Å². The van der Waals surface area contributed by atoms with Crippen LogP contribution in [0.5, 0.6) is 0 Å². The first-order valence-electron chi connectivity index (χ1n) is 24.4. The van der Waals surface area contributed by atoms with Gasteiger partial charge in [-0.05, 0) is 57.8 Å². The summed E-state index contributed by atoms with van der Waals surface area (Å²) in [6.45, 7) is 2.43. The van der Waals surface area contributed by atoms with Crippen molar-refractivity contribution >= 4 is 25.7 Å². The predicted octanol–water partition coefficient (Wildman–Crippen LogP) is 9.28. The number of nitrogens with two attached hydrogens (primary N) is 1. The SMILES string of the molecule is CCCCCCCC/C=C\CCCCCCCCCCCC(=O)O[C@H](COC(=O)CCC/C=C\C[C@H]1[C@@H](O)CC(O)O[C@@H]1/C=C/[C@@H](O)CCCCC)COP(=O)(O)OC[C@H](N)C(=O)O. The van der Waals surface area contributed by atoms with Gasteiger partial charge in [0.2, 0.25) is 0 Å². The fraction of sp³-hybridized carbons (Fsp3) is 0.812. The van der Waals surface area contributed by atoms with Crippen LogP contribution in [0.4, 0.5) is 0 Å². The molecule has 1 saturated heterocycles. The molecule has 0 aromatic carbocycles. The highest BCUT2D eigenvalue weighted by Gasteiger charge is 2.35. The average molecular weight is 932 g/mol. The van der Waals surface area contributed by atoms with Gasteiger partial charge in [-0.3, -0.25) is 23.4 Å². The van der Waals surface area contributed by atoms with Gasteiger partial charge < -0.3 is 45.3 Å². The van der Waals surface area contributed by atoms with Crippen LogP contribution in [0.2, 0.25) is 0 Å². The monoisotopic (exact) mass is 932 g/mol. The molecule has 0 aliphatic carbocycles. The minimum Gasteiger partial charge on any atom is -0.480 e. The zero-order valence-corrected chi connectivity index (χ0v) is 40.0. The minimum atomic E-state index is -4.79. The number of carbonyl (C=O) groups is 3. The van der Waals surface area contributed by atoms with E-state index < -0.39 is 82.3 Å². The summed E-state index contributed by atoms with van der Waals surface area (Å²) in [6, 6.07) is -1.56. The Kier molecular flexibility index (Phi) is 35.9. The molecule has 0 saturated carbocycles. The van der Waals surface area contributed by atoms with E-state index in [-0.39, 0.29) is 25.2 Å². The summed E-state index contributed by atoms with van der Waals surface area (Å²) in [7, 11) is -4.79. The van der Waals surface area contributed by atoms with E-state index in [2.05, 4.69) is 30.5 Å². The molecule has 0 radical (unpaired) electrons. The zero-order valence-electron chi connectivity index (χ0n) is 39.2. The Morgan fingerprint density at radius 2 is 1.25 bits per heavy atom. The van der Waals surface area contributed by atoms with Crippen LogP contribution in [0.3, 0.4) is 0 Å². The lowest BCUT2D eigenvalue weighted by molar-refractivity contribution is -0.199. The molecule has 64 heavy (non-hydrogen) atoms. The third-order valence-electron chi connectivity index (χ3n) is 11.2. The Bertz CT molecular complexity index is 1350. The predicted molar refractivity (Wildman–Crippen MR) is 248 cm³/mol. The Morgan fingerprint density at radius 3 is 1.88 bits per heavy atom. The first-order valence-corrected chi connectivity index (χ1v) is 25.9. The summed E-state index contributed by atoms with van der Waals surface area (Å²) in [5, 5.41) is 39.9. The maximum atomic E-state index is 12.7. The highest BCUT2D eigenvalue weighted by Crippen LogP contribution is 2.43. The highest BCUT2D eigenvalue weighted by molar-refractivity contribution is 7.47. The van der Waals surface area contributed by atoms with Crippen LogP contribution in [0.1, 0.15) is 187 Å². The summed E-state index contributed by atoms with van der Waals surface area (Å²) in [5.41, 5.74) is 5.34. The smallest absolute Gasteiger partial charge is 0.472 e. The molecule has 372 valence electrons. The van der Waals surface area contributed by atoms with Crippen molar-refractivity contribution in [2.45, 2.75) is 224 Å². The fourth-order valence-electron chi connectivity index (χ4n) is 7.22. The number of unbranched alkanes of at least 4 members (excludes halogenated alkanes) is 18. The van der Waals surface area contributed by atoms with E-state index in [1.165, 1.54) is 70.6 Å². The largest absolute Gasteiger partial charge is 0.480 e. The van der Waals surface area contributed by atoms with Crippen LogP contribution in [-0.4, -0.2) is 99.8 Å². The molecular formula is C48H86NO14P. The van der Waals surface area contributed by atoms with Crippen molar-refractivity contribution in [3.05, 3.63) is 36.5 Å². The van der Waals surface area contributed by atoms with Gasteiger partial charge in [-0.25, -0.2) is 4.57 Å². The second kappa shape index (κ2) is 38.6. The molecular weight excluding hydrogens is 845 g/mol. The number of aliphatic hydroxyl groups excluding tert-OH is 3. The molecule has 1 aliphatic rings. The maximum Gasteiger partial charge on any atom is 0.472 e. The number of aliphatic carboxylic acids is 1. The summed E-state index contributed by atoms with van der Waals surface area (Å²) in [4.78, 5) is 46.3. The van der Waals surface area contributed by atoms with Crippen LogP contribution >= 0.6 is 7.82 Å². The Morgan fingerprint density at radius 1 is 0.719 bits per heavy atom. The van der Waals surface area contributed by atoms with Gasteiger partial charge in [0.05, 0.1) is 31.5 Å². The summed E-state index contributed by atoms with van der Waals surface area (Å²) in [5.74, 6) is -2.94. The van der Waals surface area contributed by atoms with Crippen LogP contribution in [-0.2, 0) is 42.2 Å². The number of esters is 2. The highest BCUT2D eigenvalue weighted by atomic mass is 31.2. The second-order valence-corrected chi connectivity index (χ2v) is 18.6. The van der Waals surface area contributed by atoms with E-state index in [1.807, 2.05) is 12.2 Å². The van der Waals surface area contributed by atoms with Crippen LogP contribution in [0.25, 0.3) is 0 Å². The van der Waals surface area contributed by atoms with E-state index in [0.717, 1.165) is 51.4 Å². The molecule has 1 aliphatic heterocycles. The fourth-order valence-corrected chi connectivity index (χ4v) is 8.00. The van der Waals surface area contributed by atoms with Gasteiger partial charge in [-0.1, -0.05) is 147 Å². The lowest BCUT2D eigenvalue weighted by Crippen LogP contribution is -2.43. The quantitative estimate of drug-likeness (QED) is 0.0145. The third-order valence-corrected chi connectivity index (χ3v) is 12.1. The number of carboxylic acid groups (broad SMARTS) is 1. The first-order chi connectivity index (χ1) is 30.8. The second-order valence-electron chi connectivity index (χ2n) is 17.1. The van der Waals surface area contributed by atoms with Gasteiger partial charge in [-0.2, -0.15) is 0 Å². The number of carbonyl (C=O) groups excluding carboxylic acids is 2. The van der Waals surface area contributed by atoms with Gasteiger partial charge in [0, 0.05) is 25.2 Å². The molecule has 2 unspecified atom stereocenters. The van der Waals surface area contributed by atoms with Crippen molar-refractivity contribution in [3.8, 4) is 0 Å². The summed E-state index contributed by atoms with van der Waals surface area (Å²) >= 11 is 0. The number of allylic oxidation sites excluding steroid dienone is 4. The minimum absolute atomic E-state index is 0.0277. The van der Waals surface area contributed by atoms with Gasteiger partial charge >= 0.3 is 25.7 Å². The van der Waals surface area contributed by atoms with E-state index in [1.54, 1.807) is 12.2 Å². The normalized spacial score (nSPS) is 20.4. The molecule has 0 spiro atoms. The number of ether oxygens (including phenoxy) is 3. The van der Waals surface area contributed by atoms with Gasteiger partial charge in [0.15, 0.2) is 12.4 Å². The van der Waals surface area contributed by atoms with E-state index in [9.17, 15) is 39.2 Å². The van der Waals surface area contributed by atoms with E-state index in [4.69, 9.17) is 29.6 Å². The molecule has 7 N–H and O–H groups in total. The van der Waals surface area contributed by atoms with E-state index >= 15 is 0 Å². The number of hydrogen-bond acceptors (Lipinski definition) is 13. The molecule has 0 aromatic heterocycles. The molecule has 16 heteroatoms. The molecule has 0 amide bonds. The van der Waals surface area contributed by atoms with Crippen LogP contribution in [0.15, 0.2) is 36.5 Å². The number of phosphoric acid groups is 1. The molecule has 0 bridgehead atoms. The Balaban J connectivity index is 2.46. The third kappa shape index (κ3) is 33.1. The lowest BCUT2D eigenvalue weighted by atomic mass is 9.87. The summed E-state index contributed by atoms with van der Waals surface area (Å²) in [6.07, 6.45) is 32.5. The van der Waals surface area contributed by atoms with Gasteiger partial charge in [0.25, 0.3) is 0 Å². The van der Waals surface area contributed by atoms with Crippen molar-refractivity contribution in [1.29, 1.82) is 0 Å². The number of rotatable bonds is 41. The number of carboxylic acids is 1. The maximum absolute atomic E-state index is 12.7.